The monoisotopic (exact) mass is 354 g/mol. The molecule has 0 atom stereocenters. The highest BCUT2D eigenvalue weighted by molar-refractivity contribution is 5.94. The van der Waals surface area contributed by atoms with Crippen molar-refractivity contribution in [3.8, 4) is 5.69 Å². The first-order chi connectivity index (χ1) is 12.4. The molecule has 0 aliphatic carbocycles. The van der Waals surface area contributed by atoms with Crippen LogP contribution in [0.4, 0.5) is 0 Å². The van der Waals surface area contributed by atoms with E-state index < -0.39 is 0 Å². The van der Waals surface area contributed by atoms with Crippen LogP contribution in [0.3, 0.4) is 0 Å². The van der Waals surface area contributed by atoms with E-state index >= 15 is 0 Å². The molecule has 1 aliphatic heterocycles. The second kappa shape index (κ2) is 7.32. The molecule has 1 aromatic heterocycles. The van der Waals surface area contributed by atoms with Crippen LogP contribution in [0.5, 0.6) is 0 Å². The number of piperidine rings is 1. The number of hydrogen-bond donors (Lipinski definition) is 0. The van der Waals surface area contributed by atoms with Gasteiger partial charge in [-0.05, 0) is 57.0 Å². The predicted octanol–water partition coefficient (Wildman–Crippen LogP) is 2.43. The first-order valence-corrected chi connectivity index (χ1v) is 9.01. The topological polar surface area (TPSA) is 58.4 Å². The van der Waals surface area contributed by atoms with Crippen molar-refractivity contribution in [2.45, 2.75) is 26.7 Å². The summed E-state index contributed by atoms with van der Waals surface area (Å²) in [4.78, 5) is 28.3. The van der Waals surface area contributed by atoms with Gasteiger partial charge in [0.15, 0.2) is 0 Å². The van der Waals surface area contributed by atoms with Crippen LogP contribution in [0, 0.1) is 19.8 Å². The highest BCUT2D eigenvalue weighted by Gasteiger charge is 2.28. The van der Waals surface area contributed by atoms with Gasteiger partial charge in [0.25, 0.3) is 5.91 Å². The normalized spacial score (nSPS) is 15.2. The number of nitrogens with zero attached hydrogens (tertiary/aromatic N) is 4. The van der Waals surface area contributed by atoms with E-state index in [1.807, 2.05) is 53.8 Å². The Kier molecular flexibility index (Phi) is 5.11. The maximum atomic E-state index is 12.7. The van der Waals surface area contributed by atoms with E-state index in [-0.39, 0.29) is 17.7 Å². The van der Waals surface area contributed by atoms with Gasteiger partial charge < -0.3 is 9.80 Å². The van der Waals surface area contributed by atoms with Gasteiger partial charge in [0, 0.05) is 44.4 Å². The van der Waals surface area contributed by atoms with Gasteiger partial charge in [-0.1, -0.05) is 0 Å². The third-order valence-electron chi connectivity index (χ3n) is 4.94. The average molecular weight is 354 g/mol. The minimum atomic E-state index is 0.0284. The van der Waals surface area contributed by atoms with Crippen molar-refractivity contribution in [1.29, 1.82) is 0 Å². The molecule has 0 N–H and O–H groups in total. The molecule has 2 aromatic rings. The van der Waals surface area contributed by atoms with Crippen molar-refractivity contribution in [1.82, 2.24) is 19.6 Å². The molecule has 2 amide bonds. The van der Waals surface area contributed by atoms with Gasteiger partial charge in [0.05, 0.1) is 11.4 Å². The van der Waals surface area contributed by atoms with E-state index in [0.29, 0.717) is 18.7 Å². The van der Waals surface area contributed by atoms with Crippen LogP contribution < -0.4 is 0 Å². The summed E-state index contributed by atoms with van der Waals surface area (Å²) in [5.41, 5.74) is 3.65. The quantitative estimate of drug-likeness (QED) is 0.851. The lowest BCUT2D eigenvalue weighted by molar-refractivity contribution is -0.134. The molecular formula is C20H26N4O2. The molecule has 1 aromatic carbocycles. The molecular weight excluding hydrogens is 328 g/mol. The highest BCUT2D eigenvalue weighted by Crippen LogP contribution is 2.21. The first kappa shape index (κ1) is 18.2. The maximum Gasteiger partial charge on any atom is 0.253 e. The van der Waals surface area contributed by atoms with Gasteiger partial charge >= 0.3 is 0 Å². The number of benzene rings is 1. The fraction of sp³-hybridized carbons (Fsp3) is 0.450. The van der Waals surface area contributed by atoms with E-state index in [0.717, 1.165) is 29.9 Å². The van der Waals surface area contributed by atoms with Gasteiger partial charge in [-0.15, -0.1) is 0 Å². The Morgan fingerprint density at radius 1 is 1.08 bits per heavy atom. The Balaban J connectivity index is 1.66. The molecule has 0 unspecified atom stereocenters. The second-order valence-corrected chi connectivity index (χ2v) is 7.18. The third kappa shape index (κ3) is 3.64. The Hall–Kier alpha value is -2.63. The fourth-order valence-corrected chi connectivity index (χ4v) is 3.51. The Morgan fingerprint density at radius 3 is 2.19 bits per heavy atom. The smallest absolute Gasteiger partial charge is 0.253 e. The highest BCUT2D eigenvalue weighted by atomic mass is 16.2. The molecule has 6 nitrogen and oxygen atoms in total. The van der Waals surface area contributed by atoms with Crippen LogP contribution in [0.25, 0.3) is 5.69 Å². The summed E-state index contributed by atoms with van der Waals surface area (Å²) in [6, 6.07) is 9.58. The van der Waals surface area contributed by atoms with E-state index in [1.165, 1.54) is 0 Å². The third-order valence-corrected chi connectivity index (χ3v) is 4.94. The van der Waals surface area contributed by atoms with Crippen LogP contribution in [-0.4, -0.2) is 58.6 Å². The lowest BCUT2D eigenvalue weighted by atomic mass is 9.95. The fourth-order valence-electron chi connectivity index (χ4n) is 3.51. The molecule has 0 saturated carbocycles. The Morgan fingerprint density at radius 2 is 1.69 bits per heavy atom. The van der Waals surface area contributed by atoms with Crippen LogP contribution >= 0.6 is 0 Å². The van der Waals surface area contributed by atoms with Gasteiger partial charge in [-0.25, -0.2) is 4.68 Å². The van der Waals surface area contributed by atoms with Gasteiger partial charge in [-0.3, -0.25) is 9.59 Å². The number of hydrogen-bond acceptors (Lipinski definition) is 3. The van der Waals surface area contributed by atoms with Crippen molar-refractivity contribution < 1.29 is 9.59 Å². The van der Waals surface area contributed by atoms with Gasteiger partial charge in [-0.2, -0.15) is 5.10 Å². The zero-order valence-electron chi connectivity index (χ0n) is 15.9. The molecule has 1 fully saturated rings. The summed E-state index contributed by atoms with van der Waals surface area (Å²) >= 11 is 0. The summed E-state index contributed by atoms with van der Waals surface area (Å²) in [5, 5.41) is 4.47. The summed E-state index contributed by atoms with van der Waals surface area (Å²) in [5.74, 6) is 0.217. The van der Waals surface area contributed by atoms with Gasteiger partial charge in [0.2, 0.25) is 5.91 Å². The summed E-state index contributed by atoms with van der Waals surface area (Å²) in [6.07, 6.45) is 1.46. The molecule has 138 valence electrons. The number of carbonyl (C=O) groups excluding carboxylic acids is 2. The minimum Gasteiger partial charge on any atom is -0.349 e. The van der Waals surface area contributed by atoms with Crippen molar-refractivity contribution in [3.63, 3.8) is 0 Å². The summed E-state index contributed by atoms with van der Waals surface area (Å²) < 4.78 is 1.88. The van der Waals surface area contributed by atoms with E-state index in [2.05, 4.69) is 5.10 Å². The molecule has 26 heavy (non-hydrogen) atoms. The molecule has 2 heterocycles. The van der Waals surface area contributed by atoms with E-state index in [9.17, 15) is 9.59 Å². The molecule has 1 aliphatic rings. The predicted molar refractivity (Wildman–Crippen MR) is 100 cm³/mol. The molecule has 6 heteroatoms. The maximum absolute atomic E-state index is 12.7. The first-order valence-electron chi connectivity index (χ1n) is 9.01. The van der Waals surface area contributed by atoms with Crippen molar-refractivity contribution in [2.24, 2.45) is 5.92 Å². The molecule has 3 rings (SSSR count). The minimum absolute atomic E-state index is 0.0284. The van der Waals surface area contributed by atoms with E-state index in [1.54, 1.807) is 19.0 Å². The molecule has 0 spiro atoms. The Labute approximate surface area is 154 Å². The summed E-state index contributed by atoms with van der Waals surface area (Å²) in [7, 11) is 3.56. The lowest BCUT2D eigenvalue weighted by Gasteiger charge is -2.32. The lowest BCUT2D eigenvalue weighted by Crippen LogP contribution is -2.42. The SMILES string of the molecule is Cc1cc(C)n(-c2ccc(C(=O)N3CCC(C(=O)N(C)C)CC3)cc2)n1. The average Bonchev–Trinajstić information content (AvgIpc) is 2.99. The number of rotatable bonds is 3. The van der Waals surface area contributed by atoms with Gasteiger partial charge in [0.1, 0.15) is 0 Å². The zero-order chi connectivity index (χ0) is 18.8. The summed E-state index contributed by atoms with van der Waals surface area (Å²) in [6.45, 7) is 5.23. The van der Waals surface area contributed by atoms with Crippen LogP contribution in [0.1, 0.15) is 34.6 Å². The van der Waals surface area contributed by atoms with Crippen LogP contribution in [-0.2, 0) is 4.79 Å². The number of aryl methyl sites for hydroxylation is 2. The number of aromatic nitrogens is 2. The van der Waals surface area contributed by atoms with Crippen molar-refractivity contribution >= 4 is 11.8 Å². The standard InChI is InChI=1S/C20H26N4O2/c1-14-13-15(2)24(21-14)18-7-5-16(6-8-18)20(26)23-11-9-17(10-12-23)19(25)22(3)4/h5-8,13,17H,9-12H2,1-4H3. The number of likely N-dealkylation sites (tertiary alicyclic amines) is 1. The molecule has 0 bridgehead atoms. The van der Waals surface area contributed by atoms with Crippen LogP contribution in [0.15, 0.2) is 30.3 Å². The largest absolute Gasteiger partial charge is 0.349 e. The Bertz CT molecular complexity index is 800. The van der Waals surface area contributed by atoms with E-state index in [4.69, 9.17) is 0 Å². The van der Waals surface area contributed by atoms with Crippen molar-refractivity contribution in [3.05, 3.63) is 47.3 Å². The number of carbonyl (C=O) groups is 2. The zero-order valence-corrected chi connectivity index (χ0v) is 15.9. The van der Waals surface area contributed by atoms with Crippen LogP contribution in [0.2, 0.25) is 0 Å². The molecule has 1 saturated heterocycles. The second-order valence-electron chi connectivity index (χ2n) is 7.18. The van der Waals surface area contributed by atoms with Crippen molar-refractivity contribution in [2.75, 3.05) is 27.2 Å². The number of amides is 2. The molecule has 0 radical (unpaired) electrons.